The van der Waals surface area contributed by atoms with E-state index in [2.05, 4.69) is 0 Å². The van der Waals surface area contributed by atoms with E-state index in [1.54, 1.807) is 18.2 Å². The molecule has 12 heavy (non-hydrogen) atoms. The number of halogens is 3. The molecule has 66 valence electrons. The Bertz CT molecular complexity index is 242. The van der Waals surface area contributed by atoms with Gasteiger partial charge in [0.2, 0.25) is 0 Å². The van der Waals surface area contributed by atoms with Crippen LogP contribution in [-0.2, 0) is 0 Å². The van der Waals surface area contributed by atoms with E-state index in [-0.39, 0.29) is 0 Å². The molecule has 0 saturated carbocycles. The minimum absolute atomic E-state index is 0.435. The van der Waals surface area contributed by atoms with Crippen LogP contribution in [0, 0.1) is 0 Å². The standard InChI is InChI=1S/C8H8F3Se/c1-12(8(9,10)11)7-5-3-2-4-6-7/h2-6H,1H3/q+1. The van der Waals surface area contributed by atoms with Crippen LogP contribution in [0.15, 0.2) is 30.3 Å². The van der Waals surface area contributed by atoms with Crippen LogP contribution in [0.3, 0.4) is 0 Å². The van der Waals surface area contributed by atoms with Crippen molar-refractivity contribution in [2.45, 2.75) is 10.9 Å². The SMILES string of the molecule is C[Se+](c1ccccc1)C(F)(F)F. The van der Waals surface area contributed by atoms with E-state index in [9.17, 15) is 13.2 Å². The maximum atomic E-state index is 12.2. The van der Waals surface area contributed by atoms with Gasteiger partial charge in [0.25, 0.3) is 0 Å². The number of hydrogen-bond acceptors (Lipinski definition) is 0. The molecule has 4 heteroatoms. The molecule has 0 heterocycles. The van der Waals surface area contributed by atoms with Gasteiger partial charge in [0.1, 0.15) is 0 Å². The van der Waals surface area contributed by atoms with E-state index in [0.717, 1.165) is 0 Å². The molecule has 1 aromatic carbocycles. The summed E-state index contributed by atoms with van der Waals surface area (Å²) in [6.07, 6.45) is 0. The van der Waals surface area contributed by atoms with Gasteiger partial charge in [-0.15, -0.1) is 0 Å². The summed E-state index contributed by atoms with van der Waals surface area (Å²) in [6.45, 7) is 0. The summed E-state index contributed by atoms with van der Waals surface area (Å²) >= 11 is -2.61. The van der Waals surface area contributed by atoms with Gasteiger partial charge in [-0.1, -0.05) is 0 Å². The third kappa shape index (κ3) is 2.26. The van der Waals surface area contributed by atoms with Crippen LogP contribution in [0.4, 0.5) is 13.2 Å². The van der Waals surface area contributed by atoms with Crippen molar-refractivity contribution in [2.75, 3.05) is 0 Å². The van der Waals surface area contributed by atoms with E-state index < -0.39 is 19.0 Å². The Morgan fingerprint density at radius 2 is 1.58 bits per heavy atom. The van der Waals surface area contributed by atoms with E-state index >= 15 is 0 Å². The molecule has 0 aliphatic rings. The van der Waals surface area contributed by atoms with Gasteiger partial charge in [0.15, 0.2) is 0 Å². The summed E-state index contributed by atoms with van der Waals surface area (Å²) in [5.41, 5.74) is 0. The van der Waals surface area contributed by atoms with Crippen LogP contribution in [0.1, 0.15) is 0 Å². The van der Waals surface area contributed by atoms with E-state index in [4.69, 9.17) is 0 Å². The molecule has 0 spiro atoms. The quantitative estimate of drug-likeness (QED) is 0.659. The number of alkyl halides is 3. The van der Waals surface area contributed by atoms with Crippen LogP contribution in [0.5, 0.6) is 0 Å². The van der Waals surface area contributed by atoms with Crippen molar-refractivity contribution in [3.8, 4) is 0 Å². The average Bonchev–Trinajstić information content (AvgIpc) is 2.03. The monoisotopic (exact) mass is 241 g/mol. The van der Waals surface area contributed by atoms with E-state index in [1.165, 1.54) is 18.0 Å². The molecule has 0 saturated heterocycles. The first-order chi connectivity index (χ1) is 5.52. The zero-order valence-electron chi connectivity index (χ0n) is 6.43. The first-order valence-electron chi connectivity index (χ1n) is 3.29. The predicted molar refractivity (Wildman–Crippen MR) is 43.7 cm³/mol. The third-order valence-electron chi connectivity index (χ3n) is 1.44. The molecule has 0 nitrogen and oxygen atoms in total. The number of benzene rings is 1. The van der Waals surface area contributed by atoms with E-state index in [0.29, 0.717) is 4.46 Å². The number of hydrogen-bond donors (Lipinski definition) is 0. The fourth-order valence-electron chi connectivity index (χ4n) is 0.758. The fourth-order valence-corrected chi connectivity index (χ4v) is 2.51. The first-order valence-corrected chi connectivity index (χ1v) is 6.72. The molecule has 0 aliphatic carbocycles. The summed E-state index contributed by atoms with van der Waals surface area (Å²) in [4.78, 5) is 0. The summed E-state index contributed by atoms with van der Waals surface area (Å²) < 4.78 is 37.0. The summed E-state index contributed by atoms with van der Waals surface area (Å²) in [5.74, 6) is 1.29. The average molecular weight is 240 g/mol. The molecule has 1 atom stereocenters. The Morgan fingerprint density at radius 3 is 2.00 bits per heavy atom. The van der Waals surface area contributed by atoms with Gasteiger partial charge in [0.05, 0.1) is 0 Å². The molecule has 0 radical (unpaired) electrons. The van der Waals surface area contributed by atoms with Crippen molar-refractivity contribution in [2.24, 2.45) is 0 Å². The summed E-state index contributed by atoms with van der Waals surface area (Å²) in [7, 11) is 0. The van der Waals surface area contributed by atoms with Gasteiger partial charge in [-0.05, 0) is 0 Å². The second-order valence-electron chi connectivity index (χ2n) is 2.27. The molecule has 0 aliphatic heterocycles. The Morgan fingerprint density at radius 1 is 1.08 bits per heavy atom. The Balaban J connectivity index is 2.86. The van der Waals surface area contributed by atoms with Crippen molar-refractivity contribution in [1.82, 2.24) is 0 Å². The summed E-state index contributed by atoms with van der Waals surface area (Å²) in [5, 5.41) is -4.01. The van der Waals surface area contributed by atoms with Crippen molar-refractivity contribution < 1.29 is 13.2 Å². The van der Waals surface area contributed by atoms with Crippen molar-refractivity contribution in [1.29, 1.82) is 0 Å². The Hall–Kier alpha value is -0.471. The van der Waals surface area contributed by atoms with Gasteiger partial charge in [-0.3, -0.25) is 0 Å². The molecule has 0 amide bonds. The van der Waals surface area contributed by atoms with Crippen molar-refractivity contribution >= 4 is 18.4 Å². The molecular weight excluding hydrogens is 232 g/mol. The molecule has 0 N–H and O–H groups in total. The maximum absolute atomic E-state index is 12.2. The fraction of sp³-hybridized carbons (Fsp3) is 0.250. The normalized spacial score (nSPS) is 14.3. The van der Waals surface area contributed by atoms with Crippen LogP contribution < -0.4 is 4.46 Å². The zero-order valence-corrected chi connectivity index (χ0v) is 8.14. The summed E-state index contributed by atoms with van der Waals surface area (Å²) in [6, 6.07) is 8.08. The zero-order chi connectivity index (χ0) is 9.19. The molecule has 0 bridgehead atoms. The molecule has 1 aromatic rings. The van der Waals surface area contributed by atoms with Crippen LogP contribution in [0.25, 0.3) is 0 Å². The van der Waals surface area contributed by atoms with Gasteiger partial charge in [-0.25, -0.2) is 0 Å². The van der Waals surface area contributed by atoms with Crippen molar-refractivity contribution in [3.63, 3.8) is 0 Å². The molecule has 1 unspecified atom stereocenters. The van der Waals surface area contributed by atoms with E-state index in [1.807, 2.05) is 0 Å². The molecule has 0 fully saturated rings. The molecular formula is C8H8F3Se+. The van der Waals surface area contributed by atoms with Gasteiger partial charge < -0.3 is 0 Å². The van der Waals surface area contributed by atoms with Gasteiger partial charge >= 0.3 is 72.8 Å². The molecule has 1 rings (SSSR count). The predicted octanol–water partition coefficient (Wildman–Crippen LogP) is 2.12. The van der Waals surface area contributed by atoms with Gasteiger partial charge in [0, 0.05) is 0 Å². The first kappa shape index (κ1) is 9.62. The van der Waals surface area contributed by atoms with Crippen molar-refractivity contribution in [3.05, 3.63) is 30.3 Å². The molecule has 0 aromatic heterocycles. The Labute approximate surface area is 73.3 Å². The third-order valence-corrected chi connectivity index (χ3v) is 4.96. The minimum atomic E-state index is -4.01. The topological polar surface area (TPSA) is 0 Å². The van der Waals surface area contributed by atoms with Gasteiger partial charge in [-0.2, -0.15) is 0 Å². The Kier molecular flexibility index (Phi) is 2.80. The second kappa shape index (κ2) is 3.50. The number of rotatable bonds is 1. The van der Waals surface area contributed by atoms with Crippen LogP contribution in [0.2, 0.25) is 5.82 Å². The second-order valence-corrected chi connectivity index (χ2v) is 6.37. The van der Waals surface area contributed by atoms with Crippen LogP contribution in [-0.4, -0.2) is 19.0 Å². The van der Waals surface area contributed by atoms with Crippen LogP contribution >= 0.6 is 0 Å².